The van der Waals surface area contributed by atoms with Crippen molar-refractivity contribution in [3.63, 3.8) is 0 Å². The molecule has 2 saturated heterocycles. The lowest BCUT2D eigenvalue weighted by Gasteiger charge is -2.41. The first-order valence-electron chi connectivity index (χ1n) is 34.3. The van der Waals surface area contributed by atoms with Crippen molar-refractivity contribution < 1.29 is 70.7 Å². The monoisotopic (exact) mass is 1370 g/mol. The Labute approximate surface area is 565 Å². The van der Waals surface area contributed by atoms with Crippen molar-refractivity contribution in [3.05, 3.63) is 0 Å². The van der Waals surface area contributed by atoms with Crippen LogP contribution in [0, 0.1) is 35.5 Å². The molecular formula is C67H110ClF3N12O12. The van der Waals surface area contributed by atoms with E-state index in [2.05, 4.69) is 16.0 Å². The number of amides is 12. The number of nitrogens with one attached hydrogen (secondary N) is 3. The van der Waals surface area contributed by atoms with E-state index in [9.17, 15) is 56.3 Å². The smallest absolute Gasteiger partial charge is 0.347 e. The molecule has 3 aliphatic carbocycles. The molecule has 0 bridgehead atoms. The zero-order chi connectivity index (χ0) is 71.3. The lowest BCUT2D eigenvalue weighted by Crippen LogP contribution is -2.65. The molecule has 5 rings (SSSR count). The van der Waals surface area contributed by atoms with E-state index in [1.54, 1.807) is 20.8 Å². The van der Waals surface area contributed by atoms with Crippen LogP contribution in [0.25, 0.3) is 0 Å². The van der Waals surface area contributed by atoms with Crippen molar-refractivity contribution in [2.45, 2.75) is 229 Å². The van der Waals surface area contributed by atoms with E-state index >= 15 is 14.4 Å². The minimum absolute atomic E-state index is 0.00329. The average molecular weight is 1370 g/mol. The molecule has 0 radical (unpaired) electrons. The number of fused-ring (bicyclic) bond motifs is 1. The summed E-state index contributed by atoms with van der Waals surface area (Å²) < 4.78 is 41.8. The third kappa shape index (κ3) is 20.4. The molecule has 3 unspecified atom stereocenters. The van der Waals surface area contributed by atoms with Gasteiger partial charge >= 0.3 is 6.18 Å². The van der Waals surface area contributed by atoms with Crippen LogP contribution in [0.3, 0.4) is 0 Å². The number of halogens is 4. The van der Waals surface area contributed by atoms with Crippen LogP contribution >= 0.6 is 11.6 Å². The van der Waals surface area contributed by atoms with Crippen molar-refractivity contribution >= 4 is 82.5 Å². The number of likely N-dealkylation sites (N-methyl/N-ethyl adjacent to an activating group) is 8. The summed E-state index contributed by atoms with van der Waals surface area (Å²) in [6, 6.07) is -8.71. The Bertz CT molecular complexity index is 2750. The highest BCUT2D eigenvalue weighted by Crippen LogP contribution is 2.44. The van der Waals surface area contributed by atoms with Crippen molar-refractivity contribution in [1.29, 1.82) is 0 Å². The van der Waals surface area contributed by atoms with E-state index in [0.717, 1.165) is 51.7 Å². The highest BCUT2D eigenvalue weighted by atomic mass is 35.5. The van der Waals surface area contributed by atoms with Gasteiger partial charge in [0.2, 0.25) is 70.9 Å². The summed E-state index contributed by atoms with van der Waals surface area (Å²) in [7, 11) is 12.7. The molecule has 28 heteroatoms. The molecule has 538 valence electrons. The fourth-order valence-electron chi connectivity index (χ4n) is 14.6. The Morgan fingerprint density at radius 3 is 1.80 bits per heavy atom. The molecule has 5 aliphatic rings. The molecule has 0 aromatic heterocycles. The minimum Gasteiger partial charge on any atom is -0.347 e. The summed E-state index contributed by atoms with van der Waals surface area (Å²) in [6.45, 7) is 9.11. The van der Waals surface area contributed by atoms with E-state index in [0.29, 0.717) is 25.7 Å². The summed E-state index contributed by atoms with van der Waals surface area (Å²) in [5.41, 5.74) is -1.57. The first-order valence-corrected chi connectivity index (χ1v) is 34.7. The molecule has 2 heterocycles. The predicted octanol–water partition coefficient (Wildman–Crippen LogP) is 4.64. The zero-order valence-corrected chi connectivity index (χ0v) is 59.7. The molecule has 5 fully saturated rings. The first-order chi connectivity index (χ1) is 44.4. The lowest BCUT2D eigenvalue weighted by molar-refractivity contribution is -0.182. The Morgan fingerprint density at radius 2 is 1.23 bits per heavy atom. The molecule has 2 aliphatic heterocycles. The summed E-state index contributed by atoms with van der Waals surface area (Å²) >= 11 is 6.37. The molecule has 0 aromatic carbocycles. The molecule has 3 saturated carbocycles. The van der Waals surface area contributed by atoms with Gasteiger partial charge in [-0.1, -0.05) is 92.9 Å². The van der Waals surface area contributed by atoms with Gasteiger partial charge in [-0.05, 0) is 100 Å². The normalized spacial score (nSPS) is 29.0. The van der Waals surface area contributed by atoms with Crippen molar-refractivity contribution in [2.24, 2.45) is 35.5 Å². The second kappa shape index (κ2) is 34.8. The summed E-state index contributed by atoms with van der Waals surface area (Å²) in [5.74, 6) is -11.3. The van der Waals surface area contributed by atoms with Gasteiger partial charge < -0.3 is 60.0 Å². The maximum absolute atomic E-state index is 15.3. The first kappa shape index (κ1) is 79.4. The minimum atomic E-state index is -4.51. The lowest BCUT2D eigenvalue weighted by atomic mass is 9.78. The van der Waals surface area contributed by atoms with E-state index in [4.69, 9.17) is 11.6 Å². The highest BCUT2D eigenvalue weighted by Gasteiger charge is 2.51. The third-order valence-corrected chi connectivity index (χ3v) is 21.2. The van der Waals surface area contributed by atoms with E-state index in [1.165, 1.54) is 87.9 Å². The quantitative estimate of drug-likeness (QED) is 0.239. The van der Waals surface area contributed by atoms with Crippen LogP contribution in [0.1, 0.15) is 170 Å². The number of carbonyl (C=O) groups is 12. The number of rotatable bonds is 11. The predicted molar refractivity (Wildman–Crippen MR) is 351 cm³/mol. The van der Waals surface area contributed by atoms with Gasteiger partial charge in [0.1, 0.15) is 47.8 Å². The number of alkyl halides is 4. The summed E-state index contributed by atoms with van der Waals surface area (Å²) in [5, 5.41) is 7.47. The summed E-state index contributed by atoms with van der Waals surface area (Å²) in [4.78, 5) is 187. The van der Waals surface area contributed by atoms with Crippen LogP contribution in [0.15, 0.2) is 0 Å². The van der Waals surface area contributed by atoms with Gasteiger partial charge in [-0.15, -0.1) is 11.6 Å². The number of hydrogen-bond acceptors (Lipinski definition) is 12. The Balaban J connectivity index is 1.58. The number of carbonyl (C=O) groups excluding carboxylic acids is 12. The third-order valence-electron chi connectivity index (χ3n) is 20.8. The fraction of sp³-hybridized carbons (Fsp3) is 0.821. The van der Waals surface area contributed by atoms with Gasteiger partial charge in [-0.3, -0.25) is 57.5 Å². The zero-order valence-electron chi connectivity index (χ0n) is 59.0. The number of hydrogen-bond donors (Lipinski definition) is 3. The second-order valence-electron chi connectivity index (χ2n) is 28.9. The van der Waals surface area contributed by atoms with Crippen LogP contribution < -0.4 is 16.0 Å². The van der Waals surface area contributed by atoms with E-state index in [1.807, 2.05) is 20.8 Å². The maximum atomic E-state index is 15.3. The van der Waals surface area contributed by atoms with Gasteiger partial charge in [0.25, 0.3) is 0 Å². The topological polar surface area (TPSA) is 270 Å². The molecule has 1 spiro atoms. The second-order valence-corrected chi connectivity index (χ2v) is 29.5. The molecule has 0 aromatic rings. The van der Waals surface area contributed by atoms with E-state index < -0.39 is 174 Å². The van der Waals surface area contributed by atoms with Gasteiger partial charge in [-0.25, -0.2) is 0 Å². The van der Waals surface area contributed by atoms with Crippen molar-refractivity contribution in [3.8, 4) is 0 Å². The van der Waals surface area contributed by atoms with Crippen LogP contribution in [0.2, 0.25) is 0 Å². The molecule has 95 heavy (non-hydrogen) atoms. The van der Waals surface area contributed by atoms with Gasteiger partial charge in [0.05, 0.1) is 32.0 Å². The largest absolute Gasteiger partial charge is 0.393 e. The Hall–Kier alpha value is -6.28. The van der Waals surface area contributed by atoms with Gasteiger partial charge in [0.15, 0.2) is 0 Å². The van der Waals surface area contributed by atoms with Gasteiger partial charge in [-0.2, -0.15) is 13.2 Å². The molecule has 3 N–H and O–H groups in total. The number of nitrogens with zero attached hydrogens (tertiary/aromatic N) is 9. The molecule has 11 atom stereocenters. The van der Waals surface area contributed by atoms with E-state index in [-0.39, 0.29) is 88.5 Å². The van der Waals surface area contributed by atoms with Crippen molar-refractivity contribution in [2.75, 3.05) is 89.6 Å². The van der Waals surface area contributed by atoms with Crippen molar-refractivity contribution in [1.82, 2.24) is 60.0 Å². The van der Waals surface area contributed by atoms with Crippen LogP contribution in [-0.4, -0.2) is 264 Å². The summed E-state index contributed by atoms with van der Waals surface area (Å²) in [6.07, 6.45) is 1.90. The standard InChI is InChI=1S/C67H110ClF3N12O12/c1-16-42(6)56-63(93)78(11)38-54(86)76(9)39-55(87)80(13)50(35-43-23-18-17-19-24-43)62(92)77(10)37-52(84)72-47(29-27-44-26-28-45(46(68)34-44)67(69,70)71)60(90)83-32-22-25-48(83)59(89)74-66(30-20-21-31-66)65(95)82(15)57(41(4)5)64(94)81(14)51(61(91)75(7)8)36-53(85)79(12)49(33-40(2)3)58(88)73-56/h40-51,56-57H,16-39H2,1-15H3,(H,72,84)(H,73,88)(H,74,89)/t42-,44?,45?,46?,47-,48-,49-,50-,51-,56-,57-/m0/s1. The molecular weight excluding hydrogens is 1260 g/mol. The SMILES string of the molecule is CC[C@H](C)[C@@H]1NC(=O)[C@H](CC(C)C)N(C)C(=O)C[C@@H](C(=O)N(C)C)N(C)C(=O)[C@H](C(C)C)N(C)C(=O)C2(CCCC2)NC(=O)[C@@H]2CCCN2C(=O)[C@H](CCC2CCC(C(F)(F)F)C(Cl)C2)NC(=O)CN(C)C(=O)[C@H](CC2CCCCC2)N(C)C(=O)CN(C)C(=O)CN(C)C1=O. The Morgan fingerprint density at radius 1 is 0.632 bits per heavy atom. The maximum Gasteiger partial charge on any atom is 0.393 e. The van der Waals surface area contributed by atoms with Crippen LogP contribution in [0.4, 0.5) is 13.2 Å². The molecule has 12 amide bonds. The molecule has 24 nitrogen and oxygen atoms in total. The Kier molecular flexibility index (Phi) is 29.1. The highest BCUT2D eigenvalue weighted by molar-refractivity contribution is 6.20. The van der Waals surface area contributed by atoms with Crippen LogP contribution in [0.5, 0.6) is 0 Å². The van der Waals surface area contributed by atoms with Crippen LogP contribution in [-0.2, 0) is 57.5 Å². The van der Waals surface area contributed by atoms with Gasteiger partial charge in [0, 0.05) is 75.4 Å². The average Bonchev–Trinajstić information content (AvgIpc) is 1.74. The fourth-order valence-corrected chi connectivity index (χ4v) is 15.1.